The first-order chi connectivity index (χ1) is 7.07. The van der Waals surface area contributed by atoms with E-state index >= 15 is 0 Å². The molecular formula is C13H18O2. The van der Waals surface area contributed by atoms with Crippen LogP contribution in [-0.2, 0) is 11.2 Å². The van der Waals surface area contributed by atoms with E-state index in [1.54, 1.807) is 0 Å². The molecule has 1 atom stereocenters. The van der Waals surface area contributed by atoms with E-state index in [1.807, 2.05) is 18.2 Å². The summed E-state index contributed by atoms with van der Waals surface area (Å²) in [6, 6.07) is 8.16. The topological polar surface area (TPSA) is 18.5 Å². The van der Waals surface area contributed by atoms with E-state index < -0.39 is 0 Å². The van der Waals surface area contributed by atoms with Gasteiger partial charge in [0.15, 0.2) is 0 Å². The quantitative estimate of drug-likeness (QED) is 0.649. The second-order valence-electron chi connectivity index (χ2n) is 5.04. The van der Waals surface area contributed by atoms with E-state index in [1.165, 1.54) is 5.56 Å². The first-order valence-electron chi connectivity index (χ1n) is 5.43. The van der Waals surface area contributed by atoms with Crippen LogP contribution in [0.5, 0.6) is 5.75 Å². The second-order valence-corrected chi connectivity index (χ2v) is 5.04. The lowest BCUT2D eigenvalue weighted by atomic mass is 9.96. The van der Waals surface area contributed by atoms with Crippen molar-refractivity contribution in [3.63, 3.8) is 0 Å². The average Bonchev–Trinajstić information content (AvgIpc) is 2.38. The predicted octanol–water partition coefficient (Wildman–Crippen LogP) is 3.01. The van der Waals surface area contributed by atoms with Crippen LogP contribution in [0.4, 0.5) is 0 Å². The van der Waals surface area contributed by atoms with Gasteiger partial charge in [-0.3, -0.25) is 0 Å². The van der Waals surface area contributed by atoms with Crippen LogP contribution in [0.2, 0.25) is 0 Å². The Balaban J connectivity index is 2.25. The molecule has 1 aliphatic heterocycles. The summed E-state index contributed by atoms with van der Waals surface area (Å²) in [7, 11) is 0. The predicted molar refractivity (Wildman–Crippen MR) is 60.0 cm³/mol. The van der Waals surface area contributed by atoms with Crippen molar-refractivity contribution in [2.24, 2.45) is 5.41 Å². The zero-order valence-corrected chi connectivity index (χ0v) is 9.62. The maximum absolute atomic E-state index is 5.90. The number of fused-ring (bicyclic) bond motifs is 1. The third-order valence-electron chi connectivity index (χ3n) is 2.55. The minimum Gasteiger partial charge on any atom is -0.464 e. The number of rotatable bonds is 0. The number of para-hydroxylation sites is 1. The highest BCUT2D eigenvalue weighted by atomic mass is 16.7. The highest BCUT2D eigenvalue weighted by Crippen LogP contribution is 2.30. The molecule has 2 rings (SSSR count). The third-order valence-corrected chi connectivity index (χ3v) is 2.55. The minimum absolute atomic E-state index is 0.0114. The first-order valence-corrected chi connectivity index (χ1v) is 5.43. The third kappa shape index (κ3) is 2.32. The SMILES string of the molecule is CC(C)(C)C1OCCc2ccccc2O1. The van der Waals surface area contributed by atoms with Gasteiger partial charge in [0.05, 0.1) is 6.61 Å². The molecule has 0 N–H and O–H groups in total. The fraction of sp³-hybridized carbons (Fsp3) is 0.538. The van der Waals surface area contributed by atoms with Gasteiger partial charge in [-0.05, 0) is 18.1 Å². The van der Waals surface area contributed by atoms with Crippen LogP contribution in [0.3, 0.4) is 0 Å². The zero-order chi connectivity index (χ0) is 10.9. The van der Waals surface area contributed by atoms with Crippen molar-refractivity contribution in [3.8, 4) is 5.75 Å². The lowest BCUT2D eigenvalue weighted by Gasteiger charge is -2.29. The van der Waals surface area contributed by atoms with Gasteiger partial charge in [0, 0.05) is 5.41 Å². The van der Waals surface area contributed by atoms with Crippen molar-refractivity contribution < 1.29 is 9.47 Å². The smallest absolute Gasteiger partial charge is 0.204 e. The Bertz CT molecular complexity index is 339. The molecule has 1 aromatic carbocycles. The van der Waals surface area contributed by atoms with Gasteiger partial charge in [0.1, 0.15) is 5.75 Å². The summed E-state index contributed by atoms with van der Waals surface area (Å²) in [6.07, 6.45) is 0.782. The van der Waals surface area contributed by atoms with E-state index in [-0.39, 0.29) is 11.7 Å². The fourth-order valence-electron chi connectivity index (χ4n) is 1.68. The van der Waals surface area contributed by atoms with Crippen LogP contribution in [0.1, 0.15) is 26.3 Å². The minimum atomic E-state index is -0.152. The molecule has 1 aromatic rings. The lowest BCUT2D eigenvalue weighted by Crippen LogP contribution is -2.34. The van der Waals surface area contributed by atoms with Crippen molar-refractivity contribution in [1.82, 2.24) is 0 Å². The average molecular weight is 206 g/mol. The molecule has 1 aliphatic rings. The van der Waals surface area contributed by atoms with Crippen molar-refractivity contribution >= 4 is 0 Å². The van der Waals surface area contributed by atoms with Crippen LogP contribution in [0.25, 0.3) is 0 Å². The molecule has 1 unspecified atom stereocenters. The molecular weight excluding hydrogens is 188 g/mol. The van der Waals surface area contributed by atoms with Crippen molar-refractivity contribution in [1.29, 1.82) is 0 Å². The highest BCUT2D eigenvalue weighted by Gasteiger charge is 2.29. The van der Waals surface area contributed by atoms with Gasteiger partial charge in [-0.1, -0.05) is 39.0 Å². The van der Waals surface area contributed by atoms with Gasteiger partial charge in [-0.2, -0.15) is 0 Å². The molecule has 0 spiro atoms. The Morgan fingerprint density at radius 3 is 2.67 bits per heavy atom. The largest absolute Gasteiger partial charge is 0.464 e. The molecule has 0 amide bonds. The molecule has 2 nitrogen and oxygen atoms in total. The van der Waals surface area contributed by atoms with Gasteiger partial charge in [-0.15, -0.1) is 0 Å². The standard InChI is InChI=1S/C13H18O2/c1-13(2,3)12-14-9-8-10-6-4-5-7-11(10)15-12/h4-7,12H,8-9H2,1-3H3. The molecule has 0 fully saturated rings. The van der Waals surface area contributed by atoms with Gasteiger partial charge >= 0.3 is 0 Å². The maximum Gasteiger partial charge on any atom is 0.204 e. The monoisotopic (exact) mass is 206 g/mol. The van der Waals surface area contributed by atoms with Crippen LogP contribution in [0, 0.1) is 5.41 Å². The molecule has 0 bridgehead atoms. The molecule has 0 radical (unpaired) electrons. The van der Waals surface area contributed by atoms with Gasteiger partial charge < -0.3 is 9.47 Å². The normalized spacial score (nSPS) is 21.4. The Morgan fingerprint density at radius 2 is 1.93 bits per heavy atom. The summed E-state index contributed by atoms with van der Waals surface area (Å²) >= 11 is 0. The van der Waals surface area contributed by atoms with Crippen LogP contribution in [0.15, 0.2) is 24.3 Å². The Kier molecular flexibility index (Phi) is 2.70. The summed E-state index contributed by atoms with van der Waals surface area (Å²) < 4.78 is 11.6. The Morgan fingerprint density at radius 1 is 1.20 bits per heavy atom. The maximum atomic E-state index is 5.90. The number of benzene rings is 1. The van der Waals surface area contributed by atoms with Crippen molar-refractivity contribution in [2.45, 2.75) is 33.5 Å². The van der Waals surface area contributed by atoms with Gasteiger partial charge in [-0.25, -0.2) is 0 Å². The molecule has 0 aliphatic carbocycles. The van der Waals surface area contributed by atoms with Crippen molar-refractivity contribution in [2.75, 3.05) is 6.61 Å². The Labute approximate surface area is 91.2 Å². The van der Waals surface area contributed by atoms with Gasteiger partial charge in [0.2, 0.25) is 6.29 Å². The molecule has 1 heterocycles. The number of ether oxygens (including phenoxy) is 2. The summed E-state index contributed by atoms with van der Waals surface area (Å²) in [4.78, 5) is 0. The van der Waals surface area contributed by atoms with Crippen molar-refractivity contribution in [3.05, 3.63) is 29.8 Å². The summed E-state index contributed by atoms with van der Waals surface area (Å²) in [5.74, 6) is 0.968. The first kappa shape index (κ1) is 10.5. The number of hydrogen-bond donors (Lipinski definition) is 0. The number of hydrogen-bond acceptors (Lipinski definition) is 2. The lowest BCUT2D eigenvalue weighted by molar-refractivity contribution is -0.134. The zero-order valence-electron chi connectivity index (χ0n) is 9.62. The summed E-state index contributed by atoms with van der Waals surface area (Å²) in [5.41, 5.74) is 1.25. The van der Waals surface area contributed by atoms with Crippen LogP contribution in [-0.4, -0.2) is 12.9 Å². The second kappa shape index (κ2) is 3.86. The fourth-order valence-corrected chi connectivity index (χ4v) is 1.68. The van der Waals surface area contributed by atoms with E-state index in [4.69, 9.17) is 9.47 Å². The molecule has 15 heavy (non-hydrogen) atoms. The molecule has 0 saturated heterocycles. The van der Waals surface area contributed by atoms with E-state index in [9.17, 15) is 0 Å². The molecule has 2 heteroatoms. The van der Waals surface area contributed by atoms with Gasteiger partial charge in [0.25, 0.3) is 0 Å². The highest BCUT2D eigenvalue weighted by molar-refractivity contribution is 5.34. The molecule has 0 aromatic heterocycles. The van der Waals surface area contributed by atoms with E-state index in [0.717, 1.165) is 18.8 Å². The van der Waals surface area contributed by atoms with E-state index in [0.29, 0.717) is 0 Å². The van der Waals surface area contributed by atoms with E-state index in [2.05, 4.69) is 26.8 Å². The van der Waals surface area contributed by atoms with Crippen LogP contribution < -0.4 is 4.74 Å². The summed E-state index contributed by atoms with van der Waals surface area (Å²) in [6.45, 7) is 7.13. The molecule has 0 saturated carbocycles. The summed E-state index contributed by atoms with van der Waals surface area (Å²) in [5, 5.41) is 0. The molecule has 82 valence electrons. The van der Waals surface area contributed by atoms with Crippen LogP contribution >= 0.6 is 0 Å². The Hall–Kier alpha value is -1.02.